The first kappa shape index (κ1) is 31.9. The van der Waals surface area contributed by atoms with E-state index in [1.807, 2.05) is 0 Å². The molecule has 0 aliphatic carbocycles. The van der Waals surface area contributed by atoms with Gasteiger partial charge in [-0.25, -0.2) is 22.4 Å². The van der Waals surface area contributed by atoms with Crippen LogP contribution in [-0.2, 0) is 16.3 Å². The topological polar surface area (TPSA) is 103 Å². The van der Waals surface area contributed by atoms with Crippen LogP contribution in [0, 0.1) is 23.3 Å². The fourth-order valence-corrected chi connectivity index (χ4v) is 6.24. The molecule has 45 heavy (non-hydrogen) atoms. The molecule has 1 aliphatic heterocycles. The number of thioether (sulfide) groups is 1. The minimum Gasteiger partial charge on any atom is -0.492 e. The van der Waals surface area contributed by atoms with E-state index in [2.05, 4.69) is 15.7 Å². The van der Waals surface area contributed by atoms with E-state index < -0.39 is 55.6 Å². The van der Waals surface area contributed by atoms with Gasteiger partial charge < -0.3 is 14.2 Å². The fraction of sp³-hybridized carbons (Fsp3) is 0.129. The molecule has 2 N–H and O–H groups in total. The number of methoxy groups -OCH3 is 2. The van der Waals surface area contributed by atoms with Crippen LogP contribution in [0.2, 0.25) is 0 Å². The smallest absolute Gasteiger partial charge is 0.278 e. The molecular formula is C31H25F4N3O5S2. The van der Waals surface area contributed by atoms with Gasteiger partial charge in [0.2, 0.25) is 5.82 Å². The van der Waals surface area contributed by atoms with Crippen LogP contribution in [0.3, 0.4) is 0 Å². The summed E-state index contributed by atoms with van der Waals surface area (Å²) in [6.45, 7) is 0.0701. The maximum Gasteiger partial charge on any atom is 0.278 e. The molecule has 4 aromatic carbocycles. The zero-order valence-corrected chi connectivity index (χ0v) is 25.4. The first-order valence-electron chi connectivity index (χ1n) is 13.0. The summed E-state index contributed by atoms with van der Waals surface area (Å²) < 4.78 is 85.8. The van der Waals surface area contributed by atoms with Crippen molar-refractivity contribution in [1.82, 2.24) is 5.01 Å². The fourth-order valence-electron chi connectivity index (χ4n) is 4.47. The molecule has 0 radical (unpaired) electrons. The highest BCUT2D eigenvalue weighted by Gasteiger charge is 2.39. The lowest BCUT2D eigenvalue weighted by molar-refractivity contribution is 0.0741. The van der Waals surface area contributed by atoms with Crippen molar-refractivity contribution in [2.75, 3.05) is 14.2 Å². The van der Waals surface area contributed by atoms with Gasteiger partial charge in [-0.15, -0.1) is 0 Å². The third kappa shape index (κ3) is 6.48. The maximum atomic E-state index is 15.2. The van der Waals surface area contributed by atoms with Gasteiger partial charge in [0.15, 0.2) is 28.9 Å². The Morgan fingerprint density at radius 3 is 2.27 bits per heavy atom. The zero-order chi connectivity index (χ0) is 32.5. The molecule has 4 aromatic rings. The number of nitrogens with zero attached hydrogens (tertiary/aromatic N) is 2. The molecule has 1 heterocycles. The van der Waals surface area contributed by atoms with Crippen LogP contribution in [0.1, 0.15) is 32.4 Å². The summed E-state index contributed by atoms with van der Waals surface area (Å²) in [7, 11) is -0.548. The van der Waals surface area contributed by atoms with Crippen molar-refractivity contribution in [3.63, 3.8) is 0 Å². The largest absolute Gasteiger partial charge is 0.492 e. The van der Waals surface area contributed by atoms with Crippen LogP contribution >= 0.6 is 11.8 Å². The monoisotopic (exact) mass is 659 g/mol. The highest BCUT2D eigenvalue weighted by molar-refractivity contribution is 8.14. The predicted octanol–water partition coefficient (Wildman–Crippen LogP) is 6.04. The Hall–Kier alpha value is -4.53. The van der Waals surface area contributed by atoms with Gasteiger partial charge in [-0.05, 0) is 60.0 Å². The van der Waals surface area contributed by atoms with Gasteiger partial charge in [-0.1, -0.05) is 36.0 Å². The Labute approximate surface area is 260 Å². The summed E-state index contributed by atoms with van der Waals surface area (Å²) in [5.41, 5.74) is 0.716. The Bertz CT molecular complexity index is 1900. The average molecular weight is 660 g/mol. The van der Waals surface area contributed by atoms with Crippen molar-refractivity contribution in [3.8, 4) is 17.2 Å². The second-order valence-electron chi connectivity index (χ2n) is 9.64. The number of para-hydroxylation sites is 1. The van der Waals surface area contributed by atoms with E-state index in [4.69, 9.17) is 14.6 Å². The highest BCUT2D eigenvalue weighted by atomic mass is 32.2. The summed E-state index contributed by atoms with van der Waals surface area (Å²) in [6, 6.07) is 17.2. The quantitative estimate of drug-likeness (QED) is 0.134. The van der Waals surface area contributed by atoms with Crippen LogP contribution in [0.5, 0.6) is 17.2 Å². The molecule has 2 unspecified atom stereocenters. The first-order chi connectivity index (χ1) is 21.4. The van der Waals surface area contributed by atoms with Crippen LogP contribution in [0.15, 0.2) is 82.8 Å². The summed E-state index contributed by atoms with van der Waals surface area (Å²) >= 11 is 1.06. The molecule has 1 aliphatic rings. The number of nitrogens with two attached hydrogens (primary N) is 1. The van der Waals surface area contributed by atoms with Crippen molar-refractivity contribution < 1.29 is 40.8 Å². The predicted molar refractivity (Wildman–Crippen MR) is 164 cm³/mol. The molecule has 0 spiro atoms. The van der Waals surface area contributed by atoms with E-state index in [1.165, 1.54) is 31.4 Å². The summed E-state index contributed by atoms with van der Waals surface area (Å²) in [4.78, 5) is 14.1. The maximum absolute atomic E-state index is 15.2. The van der Waals surface area contributed by atoms with Gasteiger partial charge in [0, 0.05) is 16.0 Å². The third-order valence-corrected chi connectivity index (χ3v) is 8.98. The number of hydrazone groups is 1. The van der Waals surface area contributed by atoms with Crippen LogP contribution in [-0.4, -0.2) is 40.3 Å². The van der Waals surface area contributed by atoms with E-state index in [0.717, 1.165) is 23.9 Å². The van der Waals surface area contributed by atoms with Crippen LogP contribution < -0.4 is 19.3 Å². The third-order valence-electron chi connectivity index (χ3n) is 6.69. The minimum atomic E-state index is -2.88. The minimum absolute atomic E-state index is 0.0701. The number of hydrogen-bond acceptors (Lipinski definition) is 7. The molecule has 0 saturated carbocycles. The number of hydrogen-bond donors (Lipinski definition) is 1. The number of carbonyl (C=O) groups is 1. The van der Waals surface area contributed by atoms with Crippen molar-refractivity contribution in [1.29, 1.82) is 0 Å². The number of benzene rings is 4. The van der Waals surface area contributed by atoms with Gasteiger partial charge in [-0.3, -0.25) is 9.93 Å². The van der Waals surface area contributed by atoms with Gasteiger partial charge in [-0.2, -0.15) is 9.49 Å². The number of ether oxygens (including phenoxy) is 3. The standard InChI is InChI=1S/C31H25F4N3O5S2/c1-41-27-21(5-4-6-24(27)43-16-17-7-13-20(14-8-17)45(3,36)40)31-38(37-29(44-31)18-9-11-19(32)12-10-18)30(39)22-15-23(33)26(35)28(42-2)25(22)34/h4-15,31H,3,16H2,1-2H3,(H2,36,40). The van der Waals surface area contributed by atoms with Crippen LogP contribution in [0.25, 0.3) is 0 Å². The summed E-state index contributed by atoms with van der Waals surface area (Å²) in [6.07, 6.45) is 0. The van der Waals surface area contributed by atoms with E-state index in [9.17, 15) is 22.2 Å². The molecule has 0 fully saturated rings. The second-order valence-corrected chi connectivity index (χ2v) is 12.6. The summed E-state index contributed by atoms with van der Waals surface area (Å²) in [5.74, 6) is -3.19. The lowest BCUT2D eigenvalue weighted by atomic mass is 10.1. The number of halogens is 4. The summed E-state index contributed by atoms with van der Waals surface area (Å²) in [5, 5.41) is 10.1. The number of rotatable bonds is 9. The van der Waals surface area contributed by atoms with Crippen molar-refractivity contribution >= 4 is 38.3 Å². The molecule has 8 nitrogen and oxygen atoms in total. The Morgan fingerprint density at radius 2 is 1.64 bits per heavy atom. The molecule has 0 bridgehead atoms. The van der Waals surface area contributed by atoms with Crippen LogP contribution in [0.4, 0.5) is 17.6 Å². The Balaban J connectivity index is 1.53. The molecule has 2 atom stereocenters. The van der Waals surface area contributed by atoms with E-state index >= 15 is 4.39 Å². The number of carbonyl (C=O) groups excluding carboxylic acids is 1. The molecule has 234 valence electrons. The molecule has 14 heteroatoms. The average Bonchev–Trinajstić information content (AvgIpc) is 3.47. The molecule has 0 saturated heterocycles. The molecular weight excluding hydrogens is 634 g/mol. The molecule has 1 amide bonds. The second kappa shape index (κ2) is 12.8. The first-order valence-corrected chi connectivity index (χ1v) is 15.7. The lowest BCUT2D eigenvalue weighted by Gasteiger charge is -2.24. The van der Waals surface area contributed by atoms with E-state index in [0.29, 0.717) is 27.7 Å². The van der Waals surface area contributed by atoms with Crippen molar-refractivity contribution in [2.24, 2.45) is 10.2 Å². The van der Waals surface area contributed by atoms with E-state index in [1.54, 1.807) is 42.5 Å². The lowest BCUT2D eigenvalue weighted by Crippen LogP contribution is -2.27. The van der Waals surface area contributed by atoms with Gasteiger partial charge >= 0.3 is 0 Å². The SMILES string of the molecule is C=S(N)(=O)c1ccc(COc2cccc(C3SC(c4ccc(F)cc4)=NN3C(=O)c3cc(F)c(F)c(OC)c3F)c2OC)cc1. The Kier molecular flexibility index (Phi) is 9.09. The molecule has 5 rings (SSSR count). The highest BCUT2D eigenvalue weighted by Crippen LogP contribution is 2.48. The van der Waals surface area contributed by atoms with Gasteiger partial charge in [0.25, 0.3) is 5.91 Å². The molecule has 0 aromatic heterocycles. The van der Waals surface area contributed by atoms with Gasteiger partial charge in [0.1, 0.15) is 22.8 Å². The van der Waals surface area contributed by atoms with Crippen molar-refractivity contribution in [2.45, 2.75) is 16.9 Å². The van der Waals surface area contributed by atoms with Gasteiger partial charge in [0.05, 0.1) is 29.5 Å². The van der Waals surface area contributed by atoms with E-state index in [-0.39, 0.29) is 23.1 Å². The number of amides is 1. The zero-order valence-electron chi connectivity index (χ0n) is 23.8. The Morgan fingerprint density at radius 1 is 0.978 bits per heavy atom. The normalized spacial score (nSPS) is 15.8. The van der Waals surface area contributed by atoms with Crippen molar-refractivity contribution in [3.05, 3.63) is 118 Å².